The van der Waals surface area contributed by atoms with Crippen molar-refractivity contribution in [3.05, 3.63) is 42.1 Å². The Hall–Kier alpha value is -4.47. The van der Waals surface area contributed by atoms with Crippen molar-refractivity contribution in [3.8, 4) is 17.3 Å². The third kappa shape index (κ3) is 3.59. The van der Waals surface area contributed by atoms with Gasteiger partial charge in [-0.1, -0.05) is 0 Å². The highest BCUT2D eigenvalue weighted by Crippen LogP contribution is 2.57. The van der Waals surface area contributed by atoms with Crippen molar-refractivity contribution in [1.82, 2.24) is 39.7 Å². The Morgan fingerprint density at radius 2 is 2.18 bits per heavy atom. The normalized spacial score (nSPS) is 27.4. The Labute approximate surface area is 216 Å². The predicted molar refractivity (Wildman–Crippen MR) is 132 cm³/mol. The summed E-state index contributed by atoms with van der Waals surface area (Å²) < 4.78 is 24.1. The summed E-state index contributed by atoms with van der Waals surface area (Å²) in [6.07, 6.45) is 6.26. The van der Waals surface area contributed by atoms with Crippen LogP contribution >= 0.6 is 0 Å². The van der Waals surface area contributed by atoms with E-state index < -0.39 is 24.3 Å². The summed E-state index contributed by atoms with van der Waals surface area (Å²) in [4.78, 5) is 21.3. The van der Waals surface area contributed by atoms with Crippen LogP contribution in [0, 0.1) is 17.2 Å². The third-order valence-electron chi connectivity index (χ3n) is 8.11. The fourth-order valence-corrected chi connectivity index (χ4v) is 6.03. The van der Waals surface area contributed by atoms with Crippen molar-refractivity contribution in [1.29, 1.82) is 5.26 Å². The second-order valence-corrected chi connectivity index (χ2v) is 10.6. The number of imidazole rings is 1. The molecular weight excluding hydrogens is 491 g/mol. The summed E-state index contributed by atoms with van der Waals surface area (Å²) in [6, 6.07) is 5.64. The van der Waals surface area contributed by atoms with Crippen molar-refractivity contribution < 1.29 is 13.9 Å². The number of halogens is 1. The highest BCUT2D eigenvalue weighted by atomic mass is 19.1. The first kappa shape index (κ1) is 22.7. The quantitative estimate of drug-likeness (QED) is 0.353. The van der Waals surface area contributed by atoms with Gasteiger partial charge < -0.3 is 15.4 Å². The number of nitrogens with zero attached hydrogens (tertiary/aromatic N) is 7. The molecule has 2 bridgehead atoms. The first-order valence-corrected chi connectivity index (χ1v) is 12.6. The maximum absolute atomic E-state index is 15.3. The largest absolute Gasteiger partial charge is 0.443 e. The second-order valence-electron chi connectivity index (χ2n) is 10.6. The van der Waals surface area contributed by atoms with E-state index in [0.717, 1.165) is 36.4 Å². The van der Waals surface area contributed by atoms with Crippen LogP contribution in [0.25, 0.3) is 16.9 Å². The average Bonchev–Trinajstić information content (AvgIpc) is 3.64. The molecule has 0 saturated heterocycles. The summed E-state index contributed by atoms with van der Waals surface area (Å²) in [5.41, 5.74) is 2.80. The fraction of sp³-hybridized carbons (Fsp3) is 0.440. The predicted octanol–water partition coefficient (Wildman–Crippen LogP) is 3.33. The number of hydrogen-bond donors (Lipinski definition) is 3. The van der Waals surface area contributed by atoms with Gasteiger partial charge in [0.15, 0.2) is 17.2 Å². The van der Waals surface area contributed by atoms with E-state index in [0.29, 0.717) is 35.9 Å². The number of alkyl halides is 1. The van der Waals surface area contributed by atoms with Crippen molar-refractivity contribution in [3.63, 3.8) is 0 Å². The number of rotatable bonds is 6. The molecule has 4 aromatic rings. The molecule has 4 aliphatic rings. The molecule has 3 N–H and O–H groups in total. The van der Waals surface area contributed by atoms with Gasteiger partial charge in [-0.3, -0.25) is 14.2 Å². The first-order chi connectivity index (χ1) is 18.4. The lowest BCUT2D eigenvalue weighted by molar-refractivity contribution is -0.0532. The van der Waals surface area contributed by atoms with Gasteiger partial charge in [0, 0.05) is 42.7 Å². The first-order valence-electron chi connectivity index (χ1n) is 12.6. The molecule has 0 aliphatic heterocycles. The molecule has 12 nitrogen and oxygen atoms in total. The summed E-state index contributed by atoms with van der Waals surface area (Å²) in [6.45, 7) is 0. The Kier molecular flexibility index (Phi) is 4.94. The van der Waals surface area contributed by atoms with Crippen molar-refractivity contribution >= 4 is 23.5 Å². The van der Waals surface area contributed by atoms with Gasteiger partial charge in [-0.2, -0.15) is 15.5 Å². The number of nitrogens with one attached hydrogen (secondary N) is 3. The molecule has 0 unspecified atom stereocenters. The molecule has 8 rings (SSSR count). The Morgan fingerprint density at radius 1 is 1.34 bits per heavy atom. The van der Waals surface area contributed by atoms with Gasteiger partial charge in [0.05, 0.1) is 17.5 Å². The van der Waals surface area contributed by atoms with Gasteiger partial charge >= 0.3 is 6.09 Å². The molecular formula is C25H25FN10O2. The van der Waals surface area contributed by atoms with Crippen LogP contribution in [0.15, 0.2) is 30.7 Å². The summed E-state index contributed by atoms with van der Waals surface area (Å²) in [5, 5.41) is 26.9. The highest BCUT2D eigenvalue weighted by molar-refractivity contribution is 5.77. The molecule has 0 aromatic carbocycles. The molecule has 0 spiro atoms. The van der Waals surface area contributed by atoms with E-state index >= 15 is 4.39 Å². The smallest absolute Gasteiger partial charge is 0.407 e. The molecule has 4 saturated carbocycles. The average molecular weight is 517 g/mol. The van der Waals surface area contributed by atoms with E-state index in [1.165, 1.54) is 0 Å². The number of aromatic amines is 1. The molecule has 38 heavy (non-hydrogen) atoms. The van der Waals surface area contributed by atoms with Crippen molar-refractivity contribution in [2.75, 3.05) is 5.32 Å². The van der Waals surface area contributed by atoms with E-state index in [2.05, 4.69) is 42.0 Å². The molecule has 4 fully saturated rings. The number of anilines is 2. The number of amides is 1. The Morgan fingerprint density at radius 3 is 2.89 bits per heavy atom. The van der Waals surface area contributed by atoms with Gasteiger partial charge in [0.2, 0.25) is 5.95 Å². The standard InChI is InChI=1S/C25H25FN10O2/c1-35-18(4-5-29-35)16-11-28-23(36-12-14(10-27)30-22(16)36)31-20-6-17(33-34-20)15-2-3-19(21(15)26)38-24(37)32-25-7-13(8-25)9-25/h4-6,11-13,15,19,21H,2-3,7-9H2,1H3,(H,32,37)(H2,28,31,33,34)/t13?,15-,19-,21-,25?/m1/s1. The van der Waals surface area contributed by atoms with Crippen molar-refractivity contribution in [2.24, 2.45) is 13.0 Å². The number of H-pyrrole nitrogens is 1. The lowest BCUT2D eigenvalue weighted by atomic mass is 9.50. The highest BCUT2D eigenvalue weighted by Gasteiger charge is 2.58. The lowest BCUT2D eigenvalue weighted by Crippen LogP contribution is -2.68. The zero-order valence-electron chi connectivity index (χ0n) is 20.6. The summed E-state index contributed by atoms with van der Waals surface area (Å²) >= 11 is 0. The van der Waals surface area contributed by atoms with Gasteiger partial charge in [-0.05, 0) is 44.1 Å². The molecule has 13 heteroatoms. The van der Waals surface area contributed by atoms with E-state index in [1.807, 2.05) is 13.1 Å². The van der Waals surface area contributed by atoms with Crippen molar-refractivity contribution in [2.45, 2.75) is 55.8 Å². The molecule has 0 radical (unpaired) electrons. The van der Waals surface area contributed by atoms with Gasteiger partial charge in [0.1, 0.15) is 18.3 Å². The van der Waals surface area contributed by atoms with Gasteiger partial charge in [-0.15, -0.1) is 0 Å². The van der Waals surface area contributed by atoms with Crippen LogP contribution in [-0.2, 0) is 11.8 Å². The van der Waals surface area contributed by atoms with Crippen LogP contribution in [0.4, 0.5) is 21.0 Å². The molecule has 194 valence electrons. The molecule has 1 amide bonds. The number of ether oxygens (including phenoxy) is 1. The number of carbonyl (C=O) groups excluding carboxylic acids is 1. The van der Waals surface area contributed by atoms with Gasteiger partial charge in [-0.25, -0.2) is 19.2 Å². The third-order valence-corrected chi connectivity index (χ3v) is 8.11. The fourth-order valence-electron chi connectivity index (χ4n) is 6.03. The summed E-state index contributed by atoms with van der Waals surface area (Å²) in [5.74, 6) is 1.10. The number of fused-ring (bicyclic) bond motifs is 1. The van der Waals surface area contributed by atoms with E-state index in [-0.39, 0.29) is 11.2 Å². The van der Waals surface area contributed by atoms with E-state index in [9.17, 15) is 10.1 Å². The number of aromatic nitrogens is 7. The topological polar surface area (TPSA) is 151 Å². The molecule has 4 aliphatic carbocycles. The van der Waals surface area contributed by atoms with Crippen LogP contribution in [-0.4, -0.2) is 58.3 Å². The summed E-state index contributed by atoms with van der Waals surface area (Å²) in [7, 11) is 1.82. The van der Waals surface area contributed by atoms with E-state index in [4.69, 9.17) is 4.74 Å². The number of alkyl carbamates (subject to hydrolysis) is 1. The SMILES string of the molecule is Cn1nccc1-c1cnc(Nc2cc([C@H]3CC[C@@H](OC(=O)NC45CC(C4)C5)[C@@H]3F)[nH]n2)n2cc(C#N)nc12. The molecule has 3 atom stereocenters. The van der Waals surface area contributed by atoms with Crippen LogP contribution in [0.2, 0.25) is 0 Å². The minimum atomic E-state index is -1.34. The maximum Gasteiger partial charge on any atom is 0.407 e. The Bertz CT molecular complexity index is 1580. The number of aryl methyl sites for hydroxylation is 1. The van der Waals surface area contributed by atoms with Crippen LogP contribution < -0.4 is 10.6 Å². The van der Waals surface area contributed by atoms with Crippen LogP contribution in [0.5, 0.6) is 0 Å². The monoisotopic (exact) mass is 516 g/mol. The minimum Gasteiger partial charge on any atom is -0.443 e. The number of hydrogen-bond acceptors (Lipinski definition) is 8. The zero-order chi connectivity index (χ0) is 26.0. The second kappa shape index (κ2) is 8.27. The maximum atomic E-state index is 15.3. The lowest BCUT2D eigenvalue weighted by Gasteiger charge is -2.61. The molecule has 4 heterocycles. The Balaban J connectivity index is 1.07. The molecule has 4 aromatic heterocycles. The zero-order valence-corrected chi connectivity index (χ0v) is 20.6. The van der Waals surface area contributed by atoms with Gasteiger partial charge in [0.25, 0.3) is 0 Å². The number of carbonyl (C=O) groups is 1. The number of nitriles is 1. The van der Waals surface area contributed by atoms with E-state index in [1.54, 1.807) is 33.7 Å². The van der Waals surface area contributed by atoms with Crippen LogP contribution in [0.3, 0.4) is 0 Å². The minimum absolute atomic E-state index is 0.103. The van der Waals surface area contributed by atoms with Crippen LogP contribution in [0.1, 0.15) is 49.4 Å².